The monoisotopic (exact) mass is 445 g/mol. The number of amides is 3. The van der Waals surface area contributed by atoms with Gasteiger partial charge in [0.05, 0.1) is 17.1 Å². The van der Waals surface area contributed by atoms with E-state index in [2.05, 4.69) is 16.0 Å². The van der Waals surface area contributed by atoms with Crippen LogP contribution in [-0.4, -0.2) is 36.9 Å². The smallest absolute Gasteiger partial charge is 0.321 e. The first-order valence-corrected chi connectivity index (χ1v) is 10.6. The first kappa shape index (κ1) is 20.1. The van der Waals surface area contributed by atoms with Gasteiger partial charge in [0, 0.05) is 34.9 Å². The molecule has 0 saturated heterocycles. The molecule has 1 unspecified atom stereocenters. The van der Waals surface area contributed by atoms with E-state index in [1.807, 2.05) is 48.5 Å². The molecule has 0 radical (unpaired) electrons. The van der Waals surface area contributed by atoms with Gasteiger partial charge >= 0.3 is 6.03 Å². The molecule has 2 aliphatic rings. The fourth-order valence-electron chi connectivity index (χ4n) is 3.95. The number of para-hydroxylation sites is 1. The van der Waals surface area contributed by atoms with Crippen LogP contribution in [0.25, 0.3) is 0 Å². The SMILES string of the molecule is O=C(Nc1ccc(Cl)cc1)NC1N=C(c2ccccc2)c2cccc3c2N(CCN3)C1=O. The lowest BCUT2D eigenvalue weighted by molar-refractivity contribution is -0.120. The minimum absolute atomic E-state index is 0.280. The molecule has 0 aromatic heterocycles. The molecule has 7 nitrogen and oxygen atoms in total. The molecule has 0 bridgehead atoms. The molecule has 3 aromatic carbocycles. The number of carbonyl (C=O) groups excluding carboxylic acids is 2. The molecular weight excluding hydrogens is 426 g/mol. The van der Waals surface area contributed by atoms with Crippen molar-refractivity contribution in [3.05, 3.63) is 88.9 Å². The van der Waals surface area contributed by atoms with E-state index >= 15 is 0 Å². The predicted molar refractivity (Wildman–Crippen MR) is 127 cm³/mol. The quantitative estimate of drug-likeness (QED) is 0.567. The van der Waals surface area contributed by atoms with Gasteiger partial charge in [0.2, 0.25) is 6.17 Å². The summed E-state index contributed by atoms with van der Waals surface area (Å²) in [6, 6.07) is 21.7. The van der Waals surface area contributed by atoms with Crippen LogP contribution in [0.3, 0.4) is 0 Å². The van der Waals surface area contributed by atoms with Gasteiger partial charge in [-0.1, -0.05) is 54.1 Å². The van der Waals surface area contributed by atoms with Crippen molar-refractivity contribution in [2.75, 3.05) is 28.6 Å². The van der Waals surface area contributed by atoms with E-state index in [1.165, 1.54) is 0 Å². The summed E-state index contributed by atoms with van der Waals surface area (Å²) in [4.78, 5) is 32.6. The van der Waals surface area contributed by atoms with Crippen molar-refractivity contribution in [1.82, 2.24) is 5.32 Å². The van der Waals surface area contributed by atoms with E-state index in [9.17, 15) is 9.59 Å². The second-order valence-corrected chi connectivity index (χ2v) is 7.91. The molecule has 3 N–H and O–H groups in total. The predicted octanol–water partition coefficient (Wildman–Crippen LogP) is 4.10. The Labute approximate surface area is 190 Å². The van der Waals surface area contributed by atoms with Gasteiger partial charge < -0.3 is 20.9 Å². The first-order chi connectivity index (χ1) is 15.6. The zero-order valence-electron chi connectivity index (χ0n) is 17.0. The molecule has 0 spiro atoms. The normalized spacial score (nSPS) is 16.9. The average Bonchev–Trinajstić information content (AvgIpc) is 2.93. The third kappa shape index (κ3) is 3.78. The first-order valence-electron chi connectivity index (χ1n) is 10.2. The zero-order chi connectivity index (χ0) is 22.1. The van der Waals surface area contributed by atoms with Gasteiger partial charge in [0.1, 0.15) is 0 Å². The minimum Gasteiger partial charge on any atom is -0.382 e. The van der Waals surface area contributed by atoms with Crippen molar-refractivity contribution in [3.8, 4) is 0 Å². The lowest BCUT2D eigenvalue weighted by Crippen LogP contribution is -2.50. The Balaban J connectivity index is 1.53. The molecule has 32 heavy (non-hydrogen) atoms. The molecule has 0 aliphatic carbocycles. The van der Waals surface area contributed by atoms with Gasteiger partial charge in [-0.15, -0.1) is 0 Å². The van der Waals surface area contributed by atoms with Gasteiger partial charge in [-0.3, -0.25) is 4.79 Å². The summed E-state index contributed by atoms with van der Waals surface area (Å²) in [7, 11) is 0. The lowest BCUT2D eigenvalue weighted by Gasteiger charge is -2.32. The topological polar surface area (TPSA) is 85.8 Å². The number of anilines is 3. The van der Waals surface area contributed by atoms with E-state index < -0.39 is 12.2 Å². The molecule has 2 heterocycles. The van der Waals surface area contributed by atoms with Crippen LogP contribution in [0.15, 0.2) is 77.8 Å². The van der Waals surface area contributed by atoms with Crippen molar-refractivity contribution < 1.29 is 9.59 Å². The number of rotatable bonds is 3. The second-order valence-electron chi connectivity index (χ2n) is 7.47. The maximum absolute atomic E-state index is 13.5. The number of urea groups is 1. The largest absolute Gasteiger partial charge is 0.382 e. The Kier molecular flexibility index (Phi) is 5.25. The summed E-state index contributed by atoms with van der Waals surface area (Å²) in [5.41, 5.74) is 4.58. The average molecular weight is 446 g/mol. The molecule has 0 saturated carbocycles. The van der Waals surface area contributed by atoms with Crippen LogP contribution in [0.2, 0.25) is 5.02 Å². The van der Waals surface area contributed by atoms with Gasteiger partial charge in [-0.2, -0.15) is 0 Å². The summed E-state index contributed by atoms with van der Waals surface area (Å²) in [6.07, 6.45) is -1.07. The van der Waals surface area contributed by atoms with E-state index in [0.717, 1.165) is 22.5 Å². The number of hydrogen-bond acceptors (Lipinski definition) is 4. The highest BCUT2D eigenvalue weighted by atomic mass is 35.5. The Morgan fingerprint density at radius 2 is 1.81 bits per heavy atom. The number of carbonyl (C=O) groups is 2. The minimum atomic E-state index is -1.07. The van der Waals surface area contributed by atoms with Crippen LogP contribution in [0.1, 0.15) is 11.1 Å². The highest BCUT2D eigenvalue weighted by Crippen LogP contribution is 2.36. The molecule has 3 amide bonds. The maximum Gasteiger partial charge on any atom is 0.321 e. The van der Waals surface area contributed by atoms with Gasteiger partial charge in [0.25, 0.3) is 5.91 Å². The standard InChI is InChI=1S/C24H20ClN5O2/c25-16-9-11-17(12-10-16)27-24(32)29-22-23(31)30-14-13-26-19-8-4-7-18(21(19)30)20(28-22)15-5-2-1-3-6-15/h1-12,22,26H,13-14H2,(H2,27,29,32). The van der Waals surface area contributed by atoms with Crippen molar-refractivity contribution in [2.45, 2.75) is 6.17 Å². The van der Waals surface area contributed by atoms with Crippen molar-refractivity contribution in [3.63, 3.8) is 0 Å². The zero-order valence-corrected chi connectivity index (χ0v) is 17.8. The summed E-state index contributed by atoms with van der Waals surface area (Å²) in [6.45, 7) is 1.10. The fourth-order valence-corrected chi connectivity index (χ4v) is 4.07. The maximum atomic E-state index is 13.5. The number of nitrogens with one attached hydrogen (secondary N) is 3. The van der Waals surface area contributed by atoms with E-state index in [4.69, 9.17) is 16.6 Å². The number of nitrogens with zero attached hydrogens (tertiary/aromatic N) is 2. The molecule has 3 aromatic rings. The number of aliphatic imine (C=N–C) groups is 1. The Bertz CT molecular complexity index is 1210. The summed E-state index contributed by atoms with van der Waals surface area (Å²) in [5, 5.41) is 9.39. The Morgan fingerprint density at radius 1 is 1.03 bits per heavy atom. The van der Waals surface area contributed by atoms with Crippen molar-refractivity contribution in [1.29, 1.82) is 0 Å². The summed E-state index contributed by atoms with van der Waals surface area (Å²) >= 11 is 5.91. The van der Waals surface area contributed by atoms with Crippen molar-refractivity contribution >= 4 is 46.3 Å². The van der Waals surface area contributed by atoms with Crippen LogP contribution < -0.4 is 20.9 Å². The van der Waals surface area contributed by atoms with Crippen LogP contribution in [0, 0.1) is 0 Å². The molecule has 5 rings (SSSR count). The van der Waals surface area contributed by atoms with Crippen LogP contribution in [0.4, 0.5) is 21.9 Å². The molecule has 0 fully saturated rings. The number of benzene rings is 3. The van der Waals surface area contributed by atoms with E-state index in [0.29, 0.717) is 29.5 Å². The highest BCUT2D eigenvalue weighted by molar-refractivity contribution is 6.30. The fraction of sp³-hybridized carbons (Fsp3) is 0.125. The highest BCUT2D eigenvalue weighted by Gasteiger charge is 2.35. The summed E-state index contributed by atoms with van der Waals surface area (Å²) < 4.78 is 0. The molecule has 1 atom stereocenters. The third-order valence-electron chi connectivity index (χ3n) is 5.39. The van der Waals surface area contributed by atoms with E-state index in [1.54, 1.807) is 29.2 Å². The molecular formula is C24H20ClN5O2. The van der Waals surface area contributed by atoms with Crippen molar-refractivity contribution in [2.24, 2.45) is 4.99 Å². The van der Waals surface area contributed by atoms with Crippen LogP contribution >= 0.6 is 11.6 Å². The summed E-state index contributed by atoms with van der Waals surface area (Å²) in [5.74, 6) is -0.280. The number of hydrogen-bond donors (Lipinski definition) is 3. The molecule has 8 heteroatoms. The number of halogens is 1. The van der Waals surface area contributed by atoms with Gasteiger partial charge in [0.15, 0.2) is 0 Å². The Hall–Kier alpha value is -3.84. The molecule has 160 valence electrons. The molecule has 2 aliphatic heterocycles. The van der Waals surface area contributed by atoms with Crippen LogP contribution in [0.5, 0.6) is 0 Å². The van der Waals surface area contributed by atoms with Crippen LogP contribution in [-0.2, 0) is 4.79 Å². The van der Waals surface area contributed by atoms with Gasteiger partial charge in [-0.05, 0) is 30.3 Å². The third-order valence-corrected chi connectivity index (χ3v) is 5.64. The van der Waals surface area contributed by atoms with E-state index in [-0.39, 0.29) is 5.91 Å². The Morgan fingerprint density at radius 3 is 2.59 bits per heavy atom. The lowest BCUT2D eigenvalue weighted by atomic mass is 9.98. The second kappa shape index (κ2) is 8.36. The van der Waals surface area contributed by atoms with Gasteiger partial charge in [-0.25, -0.2) is 9.79 Å².